The Morgan fingerprint density at radius 2 is 0.662 bits per heavy atom. The lowest BCUT2D eigenvalue weighted by molar-refractivity contribution is -0.161. The van der Waals surface area contributed by atoms with E-state index >= 15 is 0 Å². The fourth-order valence-corrected chi connectivity index (χ4v) is 9.06. The van der Waals surface area contributed by atoms with Gasteiger partial charge in [-0.1, -0.05) is 229 Å². The molecule has 12 heteroatoms. The van der Waals surface area contributed by atoms with Gasteiger partial charge in [-0.2, -0.15) is 0 Å². The maximum atomic E-state index is 12.9. The van der Waals surface area contributed by atoms with Gasteiger partial charge < -0.3 is 24.2 Å². The zero-order valence-corrected chi connectivity index (χ0v) is 48.5. The van der Waals surface area contributed by atoms with Gasteiger partial charge in [-0.3, -0.25) is 23.4 Å². The Hall–Kier alpha value is -2.82. The highest BCUT2D eigenvalue weighted by Gasteiger charge is 2.28. The summed E-state index contributed by atoms with van der Waals surface area (Å²) in [6, 6.07) is 0. The van der Waals surface area contributed by atoms with Crippen LogP contribution in [0.2, 0.25) is 0 Å². The number of carbonyl (C=O) groups excluding carboxylic acids is 3. The van der Waals surface area contributed by atoms with Crippen molar-refractivity contribution >= 4 is 25.7 Å². The first kappa shape index (κ1) is 71.2. The monoisotopic (exact) mass is 1060 g/mol. The molecule has 11 nitrogen and oxygen atoms in total. The van der Waals surface area contributed by atoms with Crippen molar-refractivity contribution < 1.29 is 52.2 Å². The molecule has 3 unspecified atom stereocenters. The van der Waals surface area contributed by atoms with E-state index in [1.807, 2.05) is 0 Å². The Labute approximate surface area is 453 Å². The quantitative estimate of drug-likeness (QED) is 0.0197. The average Bonchev–Trinajstić information content (AvgIpc) is 3.39. The van der Waals surface area contributed by atoms with E-state index in [2.05, 4.69) is 81.5 Å². The molecule has 0 fully saturated rings. The van der Waals surface area contributed by atoms with Crippen molar-refractivity contribution in [2.45, 2.75) is 290 Å². The first-order valence-corrected chi connectivity index (χ1v) is 31.7. The van der Waals surface area contributed by atoms with E-state index in [4.69, 9.17) is 23.3 Å². The molecule has 0 saturated heterocycles. The number of phosphoric acid groups is 1. The van der Waals surface area contributed by atoms with Crippen molar-refractivity contribution in [3.05, 3.63) is 60.8 Å². The molecule has 0 amide bonds. The Bertz CT molecular complexity index is 1470. The van der Waals surface area contributed by atoms with Crippen LogP contribution in [0.4, 0.5) is 0 Å². The normalized spacial score (nSPS) is 13.7. The van der Waals surface area contributed by atoms with Crippen molar-refractivity contribution in [3.63, 3.8) is 0 Å². The van der Waals surface area contributed by atoms with Crippen LogP contribution in [0.3, 0.4) is 0 Å². The van der Waals surface area contributed by atoms with Crippen molar-refractivity contribution in [2.24, 2.45) is 0 Å². The minimum absolute atomic E-state index is 0.156. The van der Waals surface area contributed by atoms with Crippen molar-refractivity contribution in [1.82, 2.24) is 0 Å². The summed E-state index contributed by atoms with van der Waals surface area (Å²) in [6.45, 7) is 4.59. The number of hydrogen-bond donors (Lipinski definition) is 2. The second kappa shape index (κ2) is 56.4. The molecule has 0 aromatic carbocycles. The van der Waals surface area contributed by atoms with E-state index in [9.17, 15) is 28.9 Å². The predicted molar refractivity (Wildman–Crippen MR) is 307 cm³/mol. The Balaban J connectivity index is 4.74. The molecule has 0 saturated carbocycles. The predicted octanol–water partition coefficient (Wildman–Crippen LogP) is 17.9. The summed E-state index contributed by atoms with van der Waals surface area (Å²) in [7, 11) is -4.75. The Kier molecular flexibility index (Phi) is 54.2. The minimum atomic E-state index is -4.75. The molecule has 0 aliphatic rings. The maximum Gasteiger partial charge on any atom is 0.472 e. The van der Waals surface area contributed by atoms with Crippen LogP contribution in [0.1, 0.15) is 278 Å². The molecule has 0 heterocycles. The lowest BCUT2D eigenvalue weighted by Crippen LogP contribution is -2.30. The highest BCUT2D eigenvalue weighted by Crippen LogP contribution is 2.43. The number of carbonyl (C=O) groups is 3. The van der Waals surface area contributed by atoms with Crippen molar-refractivity contribution in [2.75, 3.05) is 26.4 Å². The third kappa shape index (κ3) is 54.0. The molecule has 3 atom stereocenters. The number of allylic oxidation sites excluding steroid dienone is 10. The van der Waals surface area contributed by atoms with E-state index in [1.54, 1.807) is 0 Å². The number of aliphatic hydroxyl groups is 1. The Morgan fingerprint density at radius 3 is 1.04 bits per heavy atom. The number of esters is 3. The maximum absolute atomic E-state index is 12.9. The zero-order chi connectivity index (χ0) is 54.1. The van der Waals surface area contributed by atoms with Gasteiger partial charge in [0.2, 0.25) is 0 Å². The summed E-state index contributed by atoms with van der Waals surface area (Å²) < 4.78 is 39.5. The van der Waals surface area contributed by atoms with E-state index in [0.717, 1.165) is 109 Å². The van der Waals surface area contributed by atoms with Gasteiger partial charge in [0.1, 0.15) is 12.7 Å². The van der Waals surface area contributed by atoms with Crippen LogP contribution in [0.25, 0.3) is 0 Å². The largest absolute Gasteiger partial charge is 0.472 e. The van der Waals surface area contributed by atoms with Gasteiger partial charge in [0, 0.05) is 19.3 Å². The van der Waals surface area contributed by atoms with Gasteiger partial charge in [-0.25, -0.2) is 4.57 Å². The standard InChI is InChI=1S/C62H111O11P/c1-4-7-10-13-16-19-22-24-26-28-29-31-32-34-37-39-42-45-48-51-60(64)69-55-59(73-62(66)53-50-47-44-41-38-35-33-30-27-25-23-20-17-14-11-8-5-2)57-71-74(67,68)70-56-58(54-63)72-61(65)52-49-46-43-40-36-21-18-15-12-9-6-3/h16-17,19-20,24-27,29,31,58-59,63H,4-15,18,21-23,28,30,32-57H2,1-3H3,(H,67,68)/b19-16-,20-17-,26-24-,27-25-,31-29-. The molecule has 0 radical (unpaired) electrons. The first-order chi connectivity index (χ1) is 36.2. The van der Waals surface area contributed by atoms with Crippen LogP contribution in [-0.2, 0) is 42.2 Å². The number of hydrogen-bond acceptors (Lipinski definition) is 10. The second-order valence-electron chi connectivity index (χ2n) is 20.2. The van der Waals surface area contributed by atoms with E-state index in [-0.39, 0.29) is 25.9 Å². The summed E-state index contributed by atoms with van der Waals surface area (Å²) in [6.07, 6.45) is 61.7. The summed E-state index contributed by atoms with van der Waals surface area (Å²) in [4.78, 5) is 48.6. The number of aliphatic hydroxyl groups excluding tert-OH is 1. The molecule has 2 N–H and O–H groups in total. The highest BCUT2D eigenvalue weighted by molar-refractivity contribution is 7.47. The minimum Gasteiger partial charge on any atom is -0.462 e. The average molecular weight is 1060 g/mol. The summed E-state index contributed by atoms with van der Waals surface area (Å²) in [5.41, 5.74) is 0. The fraction of sp³-hybridized carbons (Fsp3) is 0.790. The van der Waals surface area contributed by atoms with Crippen LogP contribution in [0.5, 0.6) is 0 Å². The highest BCUT2D eigenvalue weighted by atomic mass is 31.2. The molecule has 430 valence electrons. The molecule has 0 rings (SSSR count). The van der Waals surface area contributed by atoms with Gasteiger partial charge in [0.05, 0.1) is 19.8 Å². The molecular formula is C62H111O11P. The SMILES string of the molecule is CCCCC/C=C\C/C=C\C/C=C\CCCCCCCCC(=O)OCC(COP(=O)(O)OCC(CO)OC(=O)CCCCCCCCCCCCC)OC(=O)CCCCCCCCC/C=C\C/C=C\CCCCC. The number of rotatable bonds is 56. The lowest BCUT2D eigenvalue weighted by Gasteiger charge is -2.21. The second-order valence-corrected chi connectivity index (χ2v) is 21.6. The number of ether oxygens (including phenoxy) is 3. The van der Waals surface area contributed by atoms with Crippen LogP contribution in [0.15, 0.2) is 60.8 Å². The van der Waals surface area contributed by atoms with Crippen LogP contribution >= 0.6 is 7.82 Å². The number of unbranched alkanes of at least 4 members (excludes halogenated alkanes) is 29. The molecule has 0 aromatic rings. The fourth-order valence-electron chi connectivity index (χ4n) is 8.28. The Morgan fingerprint density at radius 1 is 0.378 bits per heavy atom. The lowest BCUT2D eigenvalue weighted by atomic mass is 10.1. The van der Waals surface area contributed by atoms with Gasteiger partial charge in [0.15, 0.2) is 6.10 Å². The smallest absolute Gasteiger partial charge is 0.462 e. The summed E-state index contributed by atoms with van der Waals surface area (Å²) >= 11 is 0. The third-order valence-corrected chi connectivity index (χ3v) is 13.9. The number of phosphoric ester groups is 1. The summed E-state index contributed by atoms with van der Waals surface area (Å²) in [5, 5.41) is 9.80. The van der Waals surface area contributed by atoms with Gasteiger partial charge >= 0.3 is 25.7 Å². The zero-order valence-electron chi connectivity index (χ0n) is 47.6. The molecular weight excluding hydrogens is 952 g/mol. The van der Waals surface area contributed by atoms with Crippen LogP contribution in [0, 0.1) is 0 Å². The first-order valence-electron chi connectivity index (χ1n) is 30.2. The van der Waals surface area contributed by atoms with Crippen molar-refractivity contribution in [3.8, 4) is 0 Å². The molecule has 0 aliphatic carbocycles. The molecule has 74 heavy (non-hydrogen) atoms. The van der Waals surface area contributed by atoms with Crippen molar-refractivity contribution in [1.29, 1.82) is 0 Å². The van der Waals surface area contributed by atoms with Gasteiger partial charge in [-0.05, 0) is 89.9 Å². The molecule has 0 aliphatic heterocycles. The van der Waals surface area contributed by atoms with Gasteiger partial charge in [0.25, 0.3) is 0 Å². The summed E-state index contributed by atoms with van der Waals surface area (Å²) in [5.74, 6) is -1.48. The van der Waals surface area contributed by atoms with E-state index in [0.29, 0.717) is 19.3 Å². The van der Waals surface area contributed by atoms with Gasteiger partial charge in [-0.15, -0.1) is 0 Å². The topological polar surface area (TPSA) is 155 Å². The van der Waals surface area contributed by atoms with E-state index < -0.39 is 57.8 Å². The van der Waals surface area contributed by atoms with E-state index in [1.165, 1.54) is 109 Å². The van der Waals surface area contributed by atoms with Crippen LogP contribution < -0.4 is 0 Å². The third-order valence-electron chi connectivity index (χ3n) is 12.9. The molecule has 0 aromatic heterocycles. The molecule has 0 bridgehead atoms. The van der Waals surface area contributed by atoms with Crippen LogP contribution in [-0.4, -0.2) is 66.5 Å². The molecule has 0 spiro atoms.